The van der Waals surface area contributed by atoms with Crippen LogP contribution in [-0.4, -0.2) is 23.9 Å². The summed E-state index contributed by atoms with van der Waals surface area (Å²) in [5.41, 5.74) is 1.51. The number of carbonyl (C=O) groups is 2. The Bertz CT molecular complexity index is 825. The van der Waals surface area contributed by atoms with Gasteiger partial charge in [-0.25, -0.2) is 0 Å². The summed E-state index contributed by atoms with van der Waals surface area (Å²) < 4.78 is 5.15. The number of Topliss-reactive ketones (excluding diaryl/α,β-unsaturated/α-hetero) is 1. The van der Waals surface area contributed by atoms with Crippen LogP contribution in [0.15, 0.2) is 65.9 Å². The third-order valence-corrected chi connectivity index (χ3v) is 4.30. The van der Waals surface area contributed by atoms with Crippen molar-refractivity contribution in [2.75, 3.05) is 12.0 Å². The fourth-order valence-electron chi connectivity index (χ4n) is 3.04. The number of nitrogens with zero attached hydrogens (tertiary/aromatic N) is 1. The summed E-state index contributed by atoms with van der Waals surface area (Å²) in [4.78, 5) is 26.6. The number of anilines is 1. The minimum absolute atomic E-state index is 0.148. The van der Waals surface area contributed by atoms with E-state index in [0.29, 0.717) is 11.4 Å². The summed E-state index contributed by atoms with van der Waals surface area (Å²) >= 11 is 0. The van der Waals surface area contributed by atoms with Gasteiger partial charge in [-0.1, -0.05) is 37.3 Å². The molecule has 1 N–H and O–H groups in total. The molecule has 2 aromatic rings. The van der Waals surface area contributed by atoms with E-state index in [2.05, 4.69) is 0 Å². The van der Waals surface area contributed by atoms with Gasteiger partial charge in [0.1, 0.15) is 5.75 Å². The predicted octanol–water partition coefficient (Wildman–Crippen LogP) is 3.57. The Kier molecular flexibility index (Phi) is 4.57. The number of aliphatic hydroxyl groups excluding tert-OH is 1. The number of amides is 1. The lowest BCUT2D eigenvalue weighted by molar-refractivity contribution is -0.118. The predicted molar refractivity (Wildman–Crippen MR) is 94.6 cm³/mol. The number of carbonyl (C=O) groups excluding carboxylic acids is 2. The molecule has 1 heterocycles. The van der Waals surface area contributed by atoms with E-state index in [1.807, 2.05) is 30.3 Å². The maximum Gasteiger partial charge on any atom is 0.294 e. The molecule has 0 saturated carbocycles. The molecule has 0 saturated heterocycles. The van der Waals surface area contributed by atoms with Crippen LogP contribution in [-0.2, 0) is 9.59 Å². The summed E-state index contributed by atoms with van der Waals surface area (Å²) in [6.45, 7) is 1.71. The number of ether oxygens (including phenoxy) is 1. The van der Waals surface area contributed by atoms with E-state index in [1.165, 1.54) is 4.90 Å². The molecular weight excluding hydrogens is 318 g/mol. The topological polar surface area (TPSA) is 66.8 Å². The molecule has 0 aliphatic carbocycles. The van der Waals surface area contributed by atoms with Crippen molar-refractivity contribution >= 4 is 17.4 Å². The van der Waals surface area contributed by atoms with Crippen LogP contribution >= 0.6 is 0 Å². The molecule has 5 heteroatoms. The Morgan fingerprint density at radius 2 is 1.76 bits per heavy atom. The highest BCUT2D eigenvalue weighted by Crippen LogP contribution is 2.41. The summed E-state index contributed by atoms with van der Waals surface area (Å²) in [6, 6.07) is 15.5. The van der Waals surface area contributed by atoms with Crippen LogP contribution in [0.3, 0.4) is 0 Å². The van der Waals surface area contributed by atoms with Gasteiger partial charge in [-0.15, -0.1) is 0 Å². The van der Waals surface area contributed by atoms with E-state index in [4.69, 9.17) is 4.74 Å². The first-order chi connectivity index (χ1) is 12.1. The summed E-state index contributed by atoms with van der Waals surface area (Å²) in [5.74, 6) is -0.628. The molecule has 128 valence electrons. The first-order valence-electron chi connectivity index (χ1n) is 8.07. The number of benzene rings is 2. The van der Waals surface area contributed by atoms with Crippen molar-refractivity contribution in [3.8, 4) is 5.75 Å². The Morgan fingerprint density at radius 1 is 1.12 bits per heavy atom. The van der Waals surface area contributed by atoms with Gasteiger partial charge in [0.15, 0.2) is 11.5 Å². The maximum absolute atomic E-state index is 12.7. The van der Waals surface area contributed by atoms with Crippen molar-refractivity contribution in [3.05, 3.63) is 71.5 Å². The van der Waals surface area contributed by atoms with Gasteiger partial charge in [-0.05, 0) is 29.8 Å². The number of hydrogen-bond acceptors (Lipinski definition) is 4. The van der Waals surface area contributed by atoms with E-state index < -0.39 is 17.7 Å². The zero-order valence-electron chi connectivity index (χ0n) is 14.1. The first-order valence-corrected chi connectivity index (χ1v) is 8.07. The van der Waals surface area contributed by atoms with Gasteiger partial charge < -0.3 is 9.84 Å². The lowest BCUT2D eigenvalue weighted by Gasteiger charge is -2.27. The normalized spacial score (nSPS) is 17.1. The summed E-state index contributed by atoms with van der Waals surface area (Å²) in [5, 5.41) is 10.4. The molecule has 1 unspecified atom stereocenters. The fraction of sp³-hybridized carbons (Fsp3) is 0.200. The molecule has 25 heavy (non-hydrogen) atoms. The van der Waals surface area contributed by atoms with Crippen LogP contribution in [0.25, 0.3) is 0 Å². The highest BCUT2D eigenvalue weighted by Gasteiger charge is 2.43. The number of hydrogen-bond donors (Lipinski definition) is 1. The van der Waals surface area contributed by atoms with E-state index in [0.717, 1.165) is 5.56 Å². The lowest BCUT2D eigenvalue weighted by Crippen LogP contribution is -2.30. The summed E-state index contributed by atoms with van der Waals surface area (Å²) in [7, 11) is 1.56. The fourth-order valence-corrected chi connectivity index (χ4v) is 3.04. The third kappa shape index (κ3) is 2.89. The second kappa shape index (κ2) is 6.81. The van der Waals surface area contributed by atoms with Crippen molar-refractivity contribution in [1.82, 2.24) is 0 Å². The van der Waals surface area contributed by atoms with Crippen molar-refractivity contribution < 1.29 is 19.4 Å². The van der Waals surface area contributed by atoms with Crippen molar-refractivity contribution in [2.24, 2.45) is 0 Å². The summed E-state index contributed by atoms with van der Waals surface area (Å²) in [6.07, 6.45) is 0.215. The number of methoxy groups -OCH3 is 1. The molecule has 1 amide bonds. The second-order valence-electron chi connectivity index (χ2n) is 5.73. The van der Waals surface area contributed by atoms with Gasteiger partial charge in [0.25, 0.3) is 5.91 Å². The molecule has 3 rings (SSSR count). The van der Waals surface area contributed by atoms with Gasteiger partial charge in [0.05, 0.1) is 18.7 Å². The first kappa shape index (κ1) is 16.8. The standard InChI is InChI=1S/C20H19NO4/c1-3-16(22)17-18(13-7-5-4-6-8-13)21(20(24)19(17)23)14-9-11-15(25-2)12-10-14/h4-12,18,23H,3H2,1-2H3. The molecular formula is C20H19NO4. The number of ketones is 1. The number of rotatable bonds is 5. The largest absolute Gasteiger partial charge is 0.503 e. The van der Waals surface area contributed by atoms with Gasteiger partial charge in [-0.3, -0.25) is 14.5 Å². The van der Waals surface area contributed by atoms with Crippen molar-refractivity contribution in [1.29, 1.82) is 0 Å². The average Bonchev–Trinajstić information content (AvgIpc) is 2.93. The Morgan fingerprint density at radius 3 is 2.32 bits per heavy atom. The van der Waals surface area contributed by atoms with E-state index in [-0.39, 0.29) is 17.8 Å². The molecule has 0 aromatic heterocycles. The maximum atomic E-state index is 12.7. The van der Waals surface area contributed by atoms with Crippen LogP contribution < -0.4 is 9.64 Å². The number of aliphatic hydroxyl groups is 1. The van der Waals surface area contributed by atoms with Crippen molar-refractivity contribution in [3.63, 3.8) is 0 Å². The molecule has 0 bridgehead atoms. The van der Waals surface area contributed by atoms with Crippen LogP contribution in [0.1, 0.15) is 24.9 Å². The highest BCUT2D eigenvalue weighted by atomic mass is 16.5. The lowest BCUT2D eigenvalue weighted by atomic mass is 9.95. The van der Waals surface area contributed by atoms with E-state index >= 15 is 0 Å². The minimum Gasteiger partial charge on any atom is -0.503 e. The molecule has 0 spiro atoms. The molecule has 2 aromatic carbocycles. The molecule has 1 aliphatic rings. The highest BCUT2D eigenvalue weighted by molar-refractivity contribution is 6.16. The van der Waals surface area contributed by atoms with Gasteiger partial charge in [0, 0.05) is 12.1 Å². The Balaban J connectivity index is 2.13. The molecule has 1 atom stereocenters. The molecule has 5 nitrogen and oxygen atoms in total. The monoisotopic (exact) mass is 337 g/mol. The Hall–Kier alpha value is -3.08. The Labute approximate surface area is 146 Å². The third-order valence-electron chi connectivity index (χ3n) is 4.30. The molecule has 0 fully saturated rings. The zero-order chi connectivity index (χ0) is 18.0. The minimum atomic E-state index is -0.644. The van der Waals surface area contributed by atoms with E-state index in [1.54, 1.807) is 38.3 Å². The quantitative estimate of drug-likeness (QED) is 0.906. The molecule has 1 aliphatic heterocycles. The van der Waals surface area contributed by atoms with Gasteiger partial charge in [0.2, 0.25) is 0 Å². The van der Waals surface area contributed by atoms with Gasteiger partial charge in [-0.2, -0.15) is 0 Å². The van der Waals surface area contributed by atoms with Crippen LogP contribution in [0, 0.1) is 0 Å². The van der Waals surface area contributed by atoms with E-state index in [9.17, 15) is 14.7 Å². The van der Waals surface area contributed by atoms with Crippen LogP contribution in [0.2, 0.25) is 0 Å². The van der Waals surface area contributed by atoms with Crippen LogP contribution in [0.4, 0.5) is 5.69 Å². The zero-order valence-corrected chi connectivity index (χ0v) is 14.1. The van der Waals surface area contributed by atoms with Crippen molar-refractivity contribution in [2.45, 2.75) is 19.4 Å². The van der Waals surface area contributed by atoms with Gasteiger partial charge >= 0.3 is 0 Å². The SMILES string of the molecule is CCC(=O)C1=C(O)C(=O)N(c2ccc(OC)cc2)C1c1ccccc1. The van der Waals surface area contributed by atoms with Crippen LogP contribution in [0.5, 0.6) is 5.75 Å². The average molecular weight is 337 g/mol. The second-order valence-corrected chi connectivity index (χ2v) is 5.73. The molecule has 0 radical (unpaired) electrons. The smallest absolute Gasteiger partial charge is 0.294 e.